The summed E-state index contributed by atoms with van der Waals surface area (Å²) in [6, 6.07) is 0. The number of aromatic hydroxyl groups is 1. The van der Waals surface area contributed by atoms with E-state index in [0.29, 0.717) is 5.75 Å². The van der Waals surface area contributed by atoms with E-state index in [4.69, 9.17) is 0 Å². The molecule has 16 heavy (non-hydrogen) atoms. The van der Waals surface area contributed by atoms with Crippen molar-refractivity contribution in [3.05, 3.63) is 11.4 Å². The van der Waals surface area contributed by atoms with E-state index in [-0.39, 0.29) is 5.41 Å². The average Bonchev–Trinajstić information content (AvgIpc) is 2.46. The summed E-state index contributed by atoms with van der Waals surface area (Å²) in [4.78, 5) is 0. The third-order valence-corrected chi connectivity index (χ3v) is 2.66. The summed E-state index contributed by atoms with van der Waals surface area (Å²) < 4.78 is 1.97. The number of aryl methyl sites for hydroxylation is 1. The lowest BCUT2D eigenvalue weighted by molar-refractivity contribution is 0.439. The van der Waals surface area contributed by atoms with Crippen molar-refractivity contribution in [3.63, 3.8) is 0 Å². The van der Waals surface area contributed by atoms with Gasteiger partial charge in [-0.25, -0.2) is 0 Å². The molecule has 0 aliphatic carbocycles. The summed E-state index contributed by atoms with van der Waals surface area (Å²) in [5, 5.41) is 14.8. The van der Waals surface area contributed by atoms with Gasteiger partial charge in [0.2, 0.25) is 0 Å². The first kappa shape index (κ1) is 13.1. The summed E-state index contributed by atoms with van der Waals surface area (Å²) in [5.74, 6) is 0.405. The maximum absolute atomic E-state index is 10.2. The number of rotatable bonds is 4. The van der Waals surface area contributed by atoms with E-state index in [1.807, 2.05) is 4.68 Å². The molecular formula is C13H24N2O. The molecule has 0 bridgehead atoms. The van der Waals surface area contributed by atoms with Crippen LogP contribution in [0.5, 0.6) is 5.75 Å². The number of nitrogens with zero attached hydrogens (tertiary/aromatic N) is 2. The van der Waals surface area contributed by atoms with E-state index in [1.54, 1.807) is 0 Å². The molecule has 92 valence electrons. The maximum atomic E-state index is 10.2. The second kappa shape index (κ2) is 4.89. The molecule has 3 nitrogen and oxygen atoms in total. The number of aromatic nitrogens is 2. The summed E-state index contributed by atoms with van der Waals surface area (Å²) in [7, 11) is 0. The Morgan fingerprint density at radius 1 is 1.19 bits per heavy atom. The molecule has 0 radical (unpaired) electrons. The molecule has 1 rings (SSSR count). The minimum Gasteiger partial charge on any atom is -0.504 e. The molecule has 0 saturated heterocycles. The van der Waals surface area contributed by atoms with Gasteiger partial charge in [0.1, 0.15) is 5.69 Å². The fourth-order valence-corrected chi connectivity index (χ4v) is 1.87. The predicted octanol–water partition coefficient (Wildman–Crippen LogP) is 3.25. The molecule has 0 aliphatic rings. The first-order valence-electron chi connectivity index (χ1n) is 6.20. The van der Waals surface area contributed by atoms with E-state index < -0.39 is 0 Å². The lowest BCUT2D eigenvalue weighted by Crippen LogP contribution is -2.13. The first-order chi connectivity index (χ1) is 7.41. The monoisotopic (exact) mass is 224 g/mol. The molecule has 0 aromatic carbocycles. The molecule has 1 heterocycles. The van der Waals surface area contributed by atoms with Gasteiger partial charge in [-0.2, -0.15) is 5.10 Å². The van der Waals surface area contributed by atoms with Crippen LogP contribution in [-0.4, -0.2) is 14.9 Å². The predicted molar refractivity (Wildman–Crippen MR) is 66.9 cm³/mol. The molecule has 0 spiro atoms. The summed E-state index contributed by atoms with van der Waals surface area (Å²) >= 11 is 0. The Kier molecular flexibility index (Phi) is 4.00. The van der Waals surface area contributed by atoms with Crippen molar-refractivity contribution in [1.29, 1.82) is 0 Å². The molecule has 0 atom stereocenters. The van der Waals surface area contributed by atoms with Crippen molar-refractivity contribution in [1.82, 2.24) is 9.78 Å². The van der Waals surface area contributed by atoms with Crippen LogP contribution in [-0.2, 0) is 18.4 Å². The van der Waals surface area contributed by atoms with E-state index in [9.17, 15) is 5.11 Å². The van der Waals surface area contributed by atoms with Crippen LogP contribution in [0.3, 0.4) is 0 Å². The van der Waals surface area contributed by atoms with E-state index in [1.165, 1.54) is 0 Å². The van der Waals surface area contributed by atoms with Gasteiger partial charge in [0.25, 0.3) is 0 Å². The number of hydrogen-bond donors (Lipinski definition) is 1. The van der Waals surface area contributed by atoms with Crippen molar-refractivity contribution in [2.24, 2.45) is 0 Å². The molecule has 1 N–H and O–H groups in total. The normalized spacial score (nSPS) is 12.1. The van der Waals surface area contributed by atoms with Crippen LogP contribution in [0.2, 0.25) is 0 Å². The van der Waals surface area contributed by atoms with Crippen molar-refractivity contribution in [2.75, 3.05) is 0 Å². The lowest BCUT2D eigenvalue weighted by atomic mass is 9.91. The summed E-state index contributed by atoms with van der Waals surface area (Å²) in [6.45, 7) is 11.4. The van der Waals surface area contributed by atoms with Crippen molar-refractivity contribution in [2.45, 2.75) is 65.8 Å². The van der Waals surface area contributed by atoms with Crippen molar-refractivity contribution < 1.29 is 5.11 Å². The minimum absolute atomic E-state index is 0.0917. The fourth-order valence-electron chi connectivity index (χ4n) is 1.87. The fraction of sp³-hybridized carbons (Fsp3) is 0.769. The molecule has 0 saturated carbocycles. The number of hydrogen-bond acceptors (Lipinski definition) is 2. The van der Waals surface area contributed by atoms with Crippen LogP contribution in [0, 0.1) is 0 Å². The minimum atomic E-state index is -0.0917. The Bertz CT molecular complexity index is 348. The van der Waals surface area contributed by atoms with Gasteiger partial charge < -0.3 is 5.11 Å². The lowest BCUT2D eigenvalue weighted by Gasteiger charge is -2.15. The molecule has 0 aliphatic heterocycles. The zero-order valence-corrected chi connectivity index (χ0v) is 11.2. The van der Waals surface area contributed by atoms with Crippen LogP contribution in [0.4, 0.5) is 0 Å². The Hall–Kier alpha value is -0.990. The summed E-state index contributed by atoms with van der Waals surface area (Å²) in [5.41, 5.74) is 1.73. The van der Waals surface area contributed by atoms with Gasteiger partial charge in [0.15, 0.2) is 5.75 Å². The second-order valence-corrected chi connectivity index (χ2v) is 5.37. The van der Waals surface area contributed by atoms with E-state index >= 15 is 0 Å². The van der Waals surface area contributed by atoms with Crippen LogP contribution >= 0.6 is 0 Å². The van der Waals surface area contributed by atoms with Crippen molar-refractivity contribution in [3.8, 4) is 5.75 Å². The SMILES string of the molecule is CCCc1c(O)c(C(C)(C)C)nn1CCC. The molecule has 0 amide bonds. The van der Waals surface area contributed by atoms with E-state index in [0.717, 1.165) is 37.2 Å². The smallest absolute Gasteiger partial charge is 0.160 e. The Labute approximate surface area is 98.5 Å². The zero-order chi connectivity index (χ0) is 12.3. The van der Waals surface area contributed by atoms with Gasteiger partial charge in [-0.1, -0.05) is 41.0 Å². The van der Waals surface area contributed by atoms with Crippen LogP contribution < -0.4 is 0 Å². The van der Waals surface area contributed by atoms with Crippen LogP contribution in [0.1, 0.15) is 58.8 Å². The molecular weight excluding hydrogens is 200 g/mol. The standard InChI is InChI=1S/C13H24N2O/c1-6-8-10-11(16)12(13(3,4)5)14-15(10)9-7-2/h16H,6-9H2,1-5H3. The molecule has 1 aromatic heterocycles. The quantitative estimate of drug-likeness (QED) is 0.852. The second-order valence-electron chi connectivity index (χ2n) is 5.37. The molecule has 0 fully saturated rings. The van der Waals surface area contributed by atoms with Gasteiger partial charge in [-0.15, -0.1) is 0 Å². The Balaban J connectivity index is 3.18. The third kappa shape index (κ3) is 2.57. The van der Waals surface area contributed by atoms with Gasteiger partial charge in [-0.05, 0) is 12.8 Å². The third-order valence-electron chi connectivity index (χ3n) is 2.66. The van der Waals surface area contributed by atoms with Gasteiger partial charge >= 0.3 is 0 Å². The summed E-state index contributed by atoms with van der Waals surface area (Å²) in [6.07, 6.45) is 2.98. The highest BCUT2D eigenvalue weighted by Gasteiger charge is 2.25. The zero-order valence-electron chi connectivity index (χ0n) is 11.2. The van der Waals surface area contributed by atoms with Crippen LogP contribution in [0.25, 0.3) is 0 Å². The van der Waals surface area contributed by atoms with Gasteiger partial charge in [-0.3, -0.25) is 4.68 Å². The first-order valence-corrected chi connectivity index (χ1v) is 6.20. The maximum Gasteiger partial charge on any atom is 0.160 e. The van der Waals surface area contributed by atoms with Gasteiger partial charge in [0.05, 0.1) is 5.69 Å². The molecule has 0 unspecified atom stereocenters. The average molecular weight is 224 g/mol. The topological polar surface area (TPSA) is 38.1 Å². The Morgan fingerprint density at radius 3 is 2.25 bits per heavy atom. The highest BCUT2D eigenvalue weighted by Crippen LogP contribution is 2.33. The highest BCUT2D eigenvalue weighted by molar-refractivity contribution is 5.36. The molecule has 1 aromatic rings. The highest BCUT2D eigenvalue weighted by atomic mass is 16.3. The van der Waals surface area contributed by atoms with Crippen LogP contribution in [0.15, 0.2) is 0 Å². The van der Waals surface area contributed by atoms with Crippen molar-refractivity contribution >= 4 is 0 Å². The van der Waals surface area contributed by atoms with Gasteiger partial charge in [0, 0.05) is 12.0 Å². The van der Waals surface area contributed by atoms with E-state index in [2.05, 4.69) is 39.7 Å². The molecule has 3 heteroatoms. The Morgan fingerprint density at radius 2 is 1.81 bits per heavy atom. The largest absolute Gasteiger partial charge is 0.504 e.